The van der Waals surface area contributed by atoms with E-state index in [-0.39, 0.29) is 23.6 Å². The number of likely N-dealkylation sites (tertiary alicyclic amines) is 1. The van der Waals surface area contributed by atoms with E-state index in [1.54, 1.807) is 6.08 Å². The Morgan fingerprint density at radius 3 is 2.62 bits per heavy atom. The van der Waals surface area contributed by atoms with E-state index in [9.17, 15) is 14.4 Å². The van der Waals surface area contributed by atoms with Gasteiger partial charge in [0.25, 0.3) is 5.91 Å². The second-order valence-corrected chi connectivity index (χ2v) is 4.16. The van der Waals surface area contributed by atoms with E-state index in [0.717, 1.165) is 10.6 Å². The number of amides is 2. The molecule has 1 saturated heterocycles. The number of hydrogen-bond donors (Lipinski definition) is 1. The monoisotopic (exact) mass is 222 g/mol. The van der Waals surface area contributed by atoms with Crippen LogP contribution in [0, 0.1) is 0 Å². The number of allylic oxidation sites excluding steroid dienone is 2. The van der Waals surface area contributed by atoms with Crippen molar-refractivity contribution in [3.8, 4) is 0 Å². The van der Waals surface area contributed by atoms with Crippen molar-refractivity contribution in [3.63, 3.8) is 0 Å². The van der Waals surface area contributed by atoms with Gasteiger partial charge in [0.1, 0.15) is 6.04 Å². The Kier molecular flexibility index (Phi) is 2.77. The quantitative estimate of drug-likeness (QED) is 0.666. The molecule has 5 nitrogen and oxygen atoms in total. The average molecular weight is 222 g/mol. The van der Waals surface area contributed by atoms with E-state index in [0.29, 0.717) is 25.7 Å². The zero-order valence-electron chi connectivity index (χ0n) is 9.16. The number of piperidine rings is 1. The van der Waals surface area contributed by atoms with E-state index in [1.165, 1.54) is 7.05 Å². The summed E-state index contributed by atoms with van der Waals surface area (Å²) >= 11 is 0. The Hall–Kier alpha value is -1.65. The minimum atomic E-state index is -0.361. The van der Waals surface area contributed by atoms with Crippen LogP contribution in [0.15, 0.2) is 11.8 Å². The first-order valence-corrected chi connectivity index (χ1v) is 5.38. The summed E-state index contributed by atoms with van der Waals surface area (Å²) in [6.45, 7) is 0. The first-order valence-electron chi connectivity index (χ1n) is 5.38. The molecule has 86 valence electrons. The molecule has 16 heavy (non-hydrogen) atoms. The maximum atomic E-state index is 11.7. The Morgan fingerprint density at radius 2 is 2.00 bits per heavy atom. The Labute approximate surface area is 93.5 Å². The van der Waals surface area contributed by atoms with Crippen molar-refractivity contribution in [2.24, 2.45) is 0 Å². The maximum Gasteiger partial charge on any atom is 0.251 e. The van der Waals surface area contributed by atoms with Gasteiger partial charge in [-0.2, -0.15) is 0 Å². The van der Waals surface area contributed by atoms with Gasteiger partial charge in [0.05, 0.1) is 0 Å². The third-order valence-electron chi connectivity index (χ3n) is 2.99. The molecule has 1 unspecified atom stereocenters. The topological polar surface area (TPSA) is 66.5 Å². The van der Waals surface area contributed by atoms with Crippen LogP contribution >= 0.6 is 0 Å². The Morgan fingerprint density at radius 1 is 1.25 bits per heavy atom. The zero-order valence-corrected chi connectivity index (χ0v) is 9.16. The second-order valence-electron chi connectivity index (χ2n) is 4.16. The molecule has 2 aliphatic rings. The molecule has 5 heteroatoms. The first kappa shape index (κ1) is 10.9. The molecular formula is C11H14N2O3. The molecule has 1 heterocycles. The normalized spacial score (nSPS) is 26.1. The van der Waals surface area contributed by atoms with Crippen molar-refractivity contribution in [2.75, 3.05) is 7.05 Å². The highest BCUT2D eigenvalue weighted by atomic mass is 16.2. The predicted octanol–water partition coefficient (Wildman–Crippen LogP) is -0.0298. The lowest BCUT2D eigenvalue weighted by atomic mass is 10.0. The highest BCUT2D eigenvalue weighted by Crippen LogP contribution is 2.17. The van der Waals surface area contributed by atoms with Crippen molar-refractivity contribution in [3.05, 3.63) is 11.8 Å². The van der Waals surface area contributed by atoms with Crippen LogP contribution in [0.4, 0.5) is 0 Å². The van der Waals surface area contributed by atoms with Crippen molar-refractivity contribution in [1.82, 2.24) is 10.2 Å². The number of carbonyl (C=O) groups excluding carboxylic acids is 3. The number of carbonyl (C=O) groups is 3. The predicted molar refractivity (Wildman–Crippen MR) is 56.3 cm³/mol. The second kappa shape index (κ2) is 4.08. The van der Waals surface area contributed by atoms with Crippen molar-refractivity contribution in [2.45, 2.75) is 31.7 Å². The van der Waals surface area contributed by atoms with Gasteiger partial charge in [-0.3, -0.25) is 19.3 Å². The summed E-state index contributed by atoms with van der Waals surface area (Å²) in [5, 5.41) is 3.05. The van der Waals surface area contributed by atoms with Crippen LogP contribution in [0.2, 0.25) is 0 Å². The molecule has 0 bridgehead atoms. The largest absolute Gasteiger partial charge is 0.377 e. The van der Waals surface area contributed by atoms with E-state index >= 15 is 0 Å². The highest BCUT2D eigenvalue weighted by Gasteiger charge is 2.32. The summed E-state index contributed by atoms with van der Waals surface area (Å²) in [5.41, 5.74) is 0.811. The fraction of sp³-hybridized carbons (Fsp3) is 0.545. The van der Waals surface area contributed by atoms with Crippen LogP contribution in [0.3, 0.4) is 0 Å². The average Bonchev–Trinajstić information content (AvgIpc) is 2.65. The van der Waals surface area contributed by atoms with Gasteiger partial charge in [-0.25, -0.2) is 0 Å². The molecule has 0 aromatic carbocycles. The number of nitrogens with zero attached hydrogens (tertiary/aromatic N) is 1. The first-order chi connectivity index (χ1) is 7.58. The summed E-state index contributed by atoms with van der Waals surface area (Å²) in [6, 6.07) is -0.361. The summed E-state index contributed by atoms with van der Waals surface area (Å²) in [6.07, 6.45) is 3.61. The van der Waals surface area contributed by atoms with E-state index in [1.807, 2.05) is 0 Å². The maximum absolute atomic E-state index is 11.7. The minimum Gasteiger partial charge on any atom is -0.377 e. The molecule has 2 rings (SSSR count). The van der Waals surface area contributed by atoms with Crippen molar-refractivity contribution in [1.29, 1.82) is 0 Å². The summed E-state index contributed by atoms with van der Waals surface area (Å²) in [5.74, 6) is -0.258. The van der Waals surface area contributed by atoms with Crippen LogP contribution < -0.4 is 5.32 Å². The van der Waals surface area contributed by atoms with Gasteiger partial charge < -0.3 is 5.32 Å². The fourth-order valence-electron chi connectivity index (χ4n) is 1.98. The SMILES string of the molecule is CN1C(=O)CCC(NC2=CC(=O)CC2)C1=O. The number of hydrogen-bond acceptors (Lipinski definition) is 4. The molecule has 0 radical (unpaired) electrons. The van der Waals surface area contributed by atoms with Gasteiger partial charge in [0.15, 0.2) is 5.78 Å². The van der Waals surface area contributed by atoms with Gasteiger partial charge in [-0.1, -0.05) is 0 Å². The van der Waals surface area contributed by atoms with Gasteiger partial charge in [-0.15, -0.1) is 0 Å². The van der Waals surface area contributed by atoms with Crippen molar-refractivity contribution >= 4 is 17.6 Å². The number of nitrogens with one attached hydrogen (secondary N) is 1. The number of rotatable bonds is 2. The molecule has 1 fully saturated rings. The third-order valence-corrected chi connectivity index (χ3v) is 2.99. The molecule has 0 saturated carbocycles. The molecule has 0 aromatic rings. The summed E-state index contributed by atoms with van der Waals surface area (Å²) < 4.78 is 0. The van der Waals surface area contributed by atoms with Crippen molar-refractivity contribution < 1.29 is 14.4 Å². The van der Waals surface area contributed by atoms with Crippen LogP contribution in [0.25, 0.3) is 0 Å². The molecule has 1 N–H and O–H groups in total. The van der Waals surface area contributed by atoms with E-state index < -0.39 is 0 Å². The van der Waals surface area contributed by atoms with Crippen LogP contribution in [0.1, 0.15) is 25.7 Å². The molecule has 1 aliphatic heterocycles. The molecule has 0 spiro atoms. The van der Waals surface area contributed by atoms with E-state index in [4.69, 9.17) is 0 Å². The Bertz CT molecular complexity index is 387. The molecule has 0 aromatic heterocycles. The minimum absolute atomic E-state index is 0.0928. The zero-order chi connectivity index (χ0) is 11.7. The number of imide groups is 1. The van der Waals surface area contributed by atoms with Crippen LogP contribution in [-0.2, 0) is 14.4 Å². The molecular weight excluding hydrogens is 208 g/mol. The summed E-state index contributed by atoms with van der Waals surface area (Å²) in [7, 11) is 1.49. The lowest BCUT2D eigenvalue weighted by Crippen LogP contribution is -2.51. The van der Waals surface area contributed by atoms with Gasteiger partial charge in [-0.05, 0) is 12.8 Å². The van der Waals surface area contributed by atoms with Crippen LogP contribution in [-0.4, -0.2) is 35.6 Å². The lowest BCUT2D eigenvalue weighted by molar-refractivity contribution is -0.147. The number of likely N-dealkylation sites (N-methyl/N-ethyl adjacent to an activating group) is 1. The van der Waals surface area contributed by atoms with Gasteiger partial charge >= 0.3 is 0 Å². The molecule has 2 amide bonds. The fourth-order valence-corrected chi connectivity index (χ4v) is 1.98. The highest BCUT2D eigenvalue weighted by molar-refractivity contribution is 6.00. The lowest BCUT2D eigenvalue weighted by Gasteiger charge is -2.29. The molecule has 1 atom stereocenters. The smallest absolute Gasteiger partial charge is 0.251 e. The van der Waals surface area contributed by atoms with Crippen LogP contribution in [0.5, 0.6) is 0 Å². The molecule has 1 aliphatic carbocycles. The standard InChI is InChI=1S/C11H14N2O3/c1-13-10(15)5-4-9(11(13)16)12-7-2-3-8(14)6-7/h6,9,12H,2-5H2,1H3. The third kappa shape index (κ3) is 1.98. The van der Waals surface area contributed by atoms with Gasteiger partial charge in [0.2, 0.25) is 5.91 Å². The van der Waals surface area contributed by atoms with Gasteiger partial charge in [0, 0.05) is 31.7 Å². The summed E-state index contributed by atoms with van der Waals surface area (Å²) in [4.78, 5) is 35.2. The Balaban J connectivity index is 2.01. The van der Waals surface area contributed by atoms with E-state index in [2.05, 4.69) is 5.32 Å². The number of ketones is 1.